The molecule has 1 fully saturated rings. The average Bonchev–Trinajstić information content (AvgIpc) is 2.97. The number of hydrogen-bond acceptors (Lipinski definition) is 1. The van der Waals surface area contributed by atoms with Gasteiger partial charge in [-0.25, -0.2) is 0 Å². The minimum atomic E-state index is -0.138. The number of carbonyl (C=O) groups excluding carboxylic acids is 1. The Kier molecular flexibility index (Phi) is 5.47. The monoisotopic (exact) mass is 293 g/mol. The Morgan fingerprint density at radius 2 is 1.95 bits per heavy atom. The van der Waals surface area contributed by atoms with Gasteiger partial charge in [0, 0.05) is 17.3 Å². The zero-order chi connectivity index (χ0) is 14.4. The average molecular weight is 294 g/mol. The minimum absolute atomic E-state index is 0.0237. The van der Waals surface area contributed by atoms with E-state index >= 15 is 0 Å². The summed E-state index contributed by atoms with van der Waals surface area (Å²) >= 11 is 6.04. The second-order valence-electron chi connectivity index (χ2n) is 5.86. The van der Waals surface area contributed by atoms with Crippen LogP contribution in [0.25, 0.3) is 0 Å². The van der Waals surface area contributed by atoms with Crippen molar-refractivity contribution >= 4 is 17.5 Å². The number of carbonyl (C=O) groups is 1. The zero-order valence-electron chi connectivity index (χ0n) is 12.2. The molecule has 1 aromatic rings. The van der Waals surface area contributed by atoms with Crippen LogP contribution in [0.3, 0.4) is 0 Å². The van der Waals surface area contributed by atoms with E-state index in [0.29, 0.717) is 5.88 Å². The Labute approximate surface area is 126 Å². The molecule has 1 aliphatic rings. The van der Waals surface area contributed by atoms with Crippen LogP contribution in [-0.2, 0) is 11.2 Å². The molecular formula is C17H24ClNO. The van der Waals surface area contributed by atoms with E-state index in [9.17, 15) is 4.79 Å². The van der Waals surface area contributed by atoms with Gasteiger partial charge in [-0.05, 0) is 31.2 Å². The highest BCUT2D eigenvalue weighted by atomic mass is 35.5. The fourth-order valence-corrected chi connectivity index (χ4v) is 3.36. The Bertz CT molecular complexity index is 426. The minimum Gasteiger partial charge on any atom is -0.351 e. The molecule has 0 radical (unpaired) electrons. The van der Waals surface area contributed by atoms with Crippen molar-refractivity contribution in [3.63, 3.8) is 0 Å². The summed E-state index contributed by atoms with van der Waals surface area (Å²) in [4.78, 5) is 12.6. The van der Waals surface area contributed by atoms with Gasteiger partial charge in [0.25, 0.3) is 0 Å². The van der Waals surface area contributed by atoms with E-state index in [1.54, 1.807) is 0 Å². The molecular weight excluding hydrogens is 270 g/mol. The van der Waals surface area contributed by atoms with E-state index in [2.05, 4.69) is 24.4 Å². The van der Waals surface area contributed by atoms with Crippen LogP contribution >= 0.6 is 11.6 Å². The first-order valence-corrected chi connectivity index (χ1v) is 8.14. The van der Waals surface area contributed by atoms with Gasteiger partial charge in [-0.15, -0.1) is 11.6 Å². The number of amides is 1. The van der Waals surface area contributed by atoms with Crippen LogP contribution in [0.4, 0.5) is 0 Å². The van der Waals surface area contributed by atoms with Gasteiger partial charge in [-0.2, -0.15) is 0 Å². The van der Waals surface area contributed by atoms with Crippen LogP contribution < -0.4 is 5.32 Å². The van der Waals surface area contributed by atoms with Crippen molar-refractivity contribution < 1.29 is 4.79 Å². The van der Waals surface area contributed by atoms with E-state index < -0.39 is 0 Å². The maximum Gasteiger partial charge on any atom is 0.226 e. The van der Waals surface area contributed by atoms with Crippen molar-refractivity contribution in [1.82, 2.24) is 5.32 Å². The molecule has 1 atom stereocenters. The van der Waals surface area contributed by atoms with Crippen molar-refractivity contribution in [3.8, 4) is 0 Å². The smallest absolute Gasteiger partial charge is 0.226 e. The molecule has 0 aromatic heterocycles. The first kappa shape index (κ1) is 15.4. The molecule has 3 heteroatoms. The second kappa shape index (κ2) is 7.12. The first-order chi connectivity index (χ1) is 9.70. The van der Waals surface area contributed by atoms with E-state index in [0.717, 1.165) is 25.7 Å². The third kappa shape index (κ3) is 3.54. The third-order valence-corrected chi connectivity index (χ3v) is 4.94. The number of nitrogens with one attached hydrogen (secondary N) is 1. The summed E-state index contributed by atoms with van der Waals surface area (Å²) < 4.78 is 0. The van der Waals surface area contributed by atoms with Crippen molar-refractivity contribution in [3.05, 3.63) is 35.9 Å². The zero-order valence-corrected chi connectivity index (χ0v) is 13.0. The van der Waals surface area contributed by atoms with E-state index in [-0.39, 0.29) is 17.4 Å². The highest BCUT2D eigenvalue weighted by molar-refractivity contribution is 6.18. The van der Waals surface area contributed by atoms with Crippen LogP contribution in [-0.4, -0.2) is 17.8 Å². The third-order valence-electron chi connectivity index (χ3n) is 4.57. The fourth-order valence-electron chi connectivity index (χ4n) is 3.17. The highest BCUT2D eigenvalue weighted by Gasteiger charge is 2.39. The Morgan fingerprint density at radius 1 is 1.30 bits per heavy atom. The van der Waals surface area contributed by atoms with Crippen LogP contribution in [0.2, 0.25) is 0 Å². The van der Waals surface area contributed by atoms with Gasteiger partial charge in [-0.3, -0.25) is 4.79 Å². The van der Waals surface area contributed by atoms with E-state index in [1.807, 2.05) is 18.2 Å². The van der Waals surface area contributed by atoms with Gasteiger partial charge >= 0.3 is 0 Å². The summed E-state index contributed by atoms with van der Waals surface area (Å²) in [7, 11) is 0. The largest absolute Gasteiger partial charge is 0.351 e. The maximum absolute atomic E-state index is 12.6. The summed E-state index contributed by atoms with van der Waals surface area (Å²) in [5.74, 6) is 0.666. The molecule has 0 saturated heterocycles. The number of benzene rings is 1. The summed E-state index contributed by atoms with van der Waals surface area (Å²) in [5, 5.41) is 3.18. The molecule has 1 unspecified atom stereocenters. The molecule has 1 aromatic carbocycles. The van der Waals surface area contributed by atoms with Crippen LogP contribution in [0.5, 0.6) is 0 Å². The summed E-state index contributed by atoms with van der Waals surface area (Å²) in [6, 6.07) is 10.2. The Hall–Kier alpha value is -1.02. The lowest BCUT2D eigenvalue weighted by molar-refractivity contribution is -0.131. The number of alkyl halides is 1. The van der Waals surface area contributed by atoms with Gasteiger partial charge in [-0.1, -0.05) is 50.1 Å². The normalized spacial score (nSPS) is 18.7. The lowest BCUT2D eigenvalue weighted by atomic mass is 9.82. The Balaban J connectivity index is 1.97. The lowest BCUT2D eigenvalue weighted by Crippen LogP contribution is -2.45. The standard InChI is InChI=1S/C17H24ClNO/c1-2-17(10-6-7-11-17)16(20)19-15(13-18)12-14-8-4-3-5-9-14/h3-5,8-9,15H,2,6-7,10-13H2,1H3,(H,19,20). The van der Waals surface area contributed by atoms with Crippen molar-refractivity contribution in [2.24, 2.45) is 5.41 Å². The van der Waals surface area contributed by atoms with Gasteiger partial charge in [0.05, 0.1) is 0 Å². The van der Waals surface area contributed by atoms with E-state index in [1.165, 1.54) is 18.4 Å². The van der Waals surface area contributed by atoms with Gasteiger partial charge in [0.1, 0.15) is 0 Å². The quantitative estimate of drug-likeness (QED) is 0.791. The lowest BCUT2D eigenvalue weighted by Gasteiger charge is -2.28. The van der Waals surface area contributed by atoms with Gasteiger partial charge < -0.3 is 5.32 Å². The molecule has 1 amide bonds. The predicted octanol–water partition coefficient (Wildman–Crippen LogP) is 3.92. The highest BCUT2D eigenvalue weighted by Crippen LogP contribution is 2.41. The van der Waals surface area contributed by atoms with Crippen molar-refractivity contribution in [2.75, 3.05) is 5.88 Å². The van der Waals surface area contributed by atoms with E-state index in [4.69, 9.17) is 11.6 Å². The number of rotatable bonds is 6. The Morgan fingerprint density at radius 3 is 2.50 bits per heavy atom. The first-order valence-electron chi connectivity index (χ1n) is 7.61. The molecule has 2 rings (SSSR count). The molecule has 1 aliphatic carbocycles. The molecule has 0 aliphatic heterocycles. The molecule has 110 valence electrons. The summed E-state index contributed by atoms with van der Waals surface area (Å²) in [6.45, 7) is 2.12. The van der Waals surface area contributed by atoms with Gasteiger partial charge in [0.2, 0.25) is 5.91 Å². The fraction of sp³-hybridized carbons (Fsp3) is 0.588. The summed E-state index contributed by atoms with van der Waals surface area (Å²) in [5.41, 5.74) is 1.08. The van der Waals surface area contributed by atoms with Crippen molar-refractivity contribution in [1.29, 1.82) is 0 Å². The molecule has 20 heavy (non-hydrogen) atoms. The predicted molar refractivity (Wildman–Crippen MR) is 84.0 cm³/mol. The molecule has 2 nitrogen and oxygen atoms in total. The van der Waals surface area contributed by atoms with Crippen molar-refractivity contribution in [2.45, 2.75) is 51.5 Å². The molecule has 0 heterocycles. The molecule has 0 spiro atoms. The van der Waals surface area contributed by atoms with Crippen LogP contribution in [0.15, 0.2) is 30.3 Å². The maximum atomic E-state index is 12.6. The molecule has 0 bridgehead atoms. The number of hydrogen-bond donors (Lipinski definition) is 1. The van der Waals surface area contributed by atoms with Crippen LogP contribution in [0, 0.1) is 5.41 Å². The van der Waals surface area contributed by atoms with Crippen LogP contribution in [0.1, 0.15) is 44.6 Å². The molecule has 1 N–H and O–H groups in total. The van der Waals surface area contributed by atoms with Gasteiger partial charge in [0.15, 0.2) is 0 Å². The topological polar surface area (TPSA) is 29.1 Å². The SMILES string of the molecule is CCC1(C(=O)NC(CCl)Cc2ccccc2)CCCC1. The summed E-state index contributed by atoms with van der Waals surface area (Å²) in [6.07, 6.45) is 6.12. The number of halogens is 1. The second-order valence-corrected chi connectivity index (χ2v) is 6.16. The molecule has 1 saturated carbocycles.